The first-order chi connectivity index (χ1) is 15.1. The molecule has 0 aliphatic carbocycles. The second kappa shape index (κ2) is 8.79. The van der Waals surface area contributed by atoms with Crippen molar-refractivity contribution in [3.63, 3.8) is 0 Å². The molecule has 3 aromatic carbocycles. The van der Waals surface area contributed by atoms with Crippen molar-refractivity contribution >= 4 is 17.8 Å². The van der Waals surface area contributed by atoms with Crippen LogP contribution in [0.25, 0.3) is 0 Å². The summed E-state index contributed by atoms with van der Waals surface area (Å²) in [6.07, 6.45) is 1.50. The molecule has 31 heavy (non-hydrogen) atoms. The highest BCUT2D eigenvalue weighted by atomic mass is 16.5. The fourth-order valence-electron chi connectivity index (χ4n) is 3.52. The lowest BCUT2D eigenvalue weighted by atomic mass is 10.1. The topological polar surface area (TPSA) is 83.4 Å². The number of methoxy groups -OCH3 is 2. The van der Waals surface area contributed by atoms with Crippen molar-refractivity contribution < 1.29 is 19.4 Å². The number of carbonyl (C=O) groups is 1. The van der Waals surface area contributed by atoms with Crippen molar-refractivity contribution in [2.45, 2.75) is 13.1 Å². The van der Waals surface area contributed by atoms with Gasteiger partial charge in [0.2, 0.25) is 0 Å². The number of rotatable bonds is 6. The smallest absolute Gasteiger partial charge is 0.271 e. The molecular formula is C24H23N3O4. The van der Waals surface area contributed by atoms with Crippen LogP contribution < -0.4 is 19.8 Å². The summed E-state index contributed by atoms with van der Waals surface area (Å²) in [5, 5.41) is 13.7. The lowest BCUT2D eigenvalue weighted by molar-refractivity contribution is 0.0955. The molecule has 0 saturated heterocycles. The highest BCUT2D eigenvalue weighted by molar-refractivity contribution is 5.95. The summed E-state index contributed by atoms with van der Waals surface area (Å²) in [6.45, 7) is 1.53. The van der Waals surface area contributed by atoms with E-state index >= 15 is 0 Å². The van der Waals surface area contributed by atoms with Gasteiger partial charge >= 0.3 is 0 Å². The van der Waals surface area contributed by atoms with Crippen LogP contribution in [0.1, 0.15) is 27.0 Å². The number of nitrogens with one attached hydrogen (secondary N) is 1. The standard InChI is InChI=1S/C24H23N3O4/c1-30-21-8-6-20(7-9-21)27-14-18-5-4-17(12-19(18)15-27)24(29)26-25-13-16-3-10-22(28)23(11-16)31-2/h3-13,28H,14-15H2,1-2H3,(H,26,29)/b25-13+. The Morgan fingerprint density at radius 2 is 1.77 bits per heavy atom. The molecule has 0 spiro atoms. The third-order valence-electron chi connectivity index (χ3n) is 5.21. The van der Waals surface area contributed by atoms with Gasteiger partial charge in [0.15, 0.2) is 11.5 Å². The van der Waals surface area contributed by atoms with Crippen molar-refractivity contribution in [1.29, 1.82) is 0 Å². The van der Waals surface area contributed by atoms with E-state index in [4.69, 9.17) is 9.47 Å². The van der Waals surface area contributed by atoms with Crippen molar-refractivity contribution in [2.75, 3.05) is 19.1 Å². The van der Waals surface area contributed by atoms with E-state index in [1.54, 1.807) is 19.2 Å². The molecule has 1 heterocycles. The Bertz CT molecular complexity index is 1130. The molecule has 158 valence electrons. The van der Waals surface area contributed by atoms with Gasteiger partial charge in [-0.1, -0.05) is 6.07 Å². The Morgan fingerprint density at radius 3 is 2.52 bits per heavy atom. The van der Waals surface area contributed by atoms with Crippen LogP contribution in [-0.2, 0) is 13.1 Å². The first kappa shape index (κ1) is 20.3. The summed E-state index contributed by atoms with van der Waals surface area (Å²) in [7, 11) is 3.13. The number of hydrogen-bond acceptors (Lipinski definition) is 6. The van der Waals surface area contributed by atoms with E-state index in [1.807, 2.05) is 42.5 Å². The molecule has 0 fully saturated rings. The van der Waals surface area contributed by atoms with Gasteiger partial charge in [0.1, 0.15) is 5.75 Å². The number of benzene rings is 3. The maximum atomic E-state index is 12.5. The zero-order valence-corrected chi connectivity index (χ0v) is 17.3. The number of carbonyl (C=O) groups excluding carboxylic acids is 1. The number of hydrogen-bond donors (Lipinski definition) is 2. The second-order valence-corrected chi connectivity index (χ2v) is 7.17. The molecule has 0 unspecified atom stereocenters. The van der Waals surface area contributed by atoms with E-state index in [1.165, 1.54) is 25.0 Å². The molecule has 1 aliphatic heterocycles. The van der Waals surface area contributed by atoms with Crippen LogP contribution in [0.5, 0.6) is 17.2 Å². The summed E-state index contributed by atoms with van der Waals surface area (Å²) in [4.78, 5) is 14.8. The number of nitrogens with zero attached hydrogens (tertiary/aromatic N) is 2. The highest BCUT2D eigenvalue weighted by Crippen LogP contribution is 2.30. The van der Waals surface area contributed by atoms with Crippen LogP contribution in [0.2, 0.25) is 0 Å². The zero-order valence-electron chi connectivity index (χ0n) is 17.3. The number of phenolic OH excluding ortho intramolecular Hbond substituents is 1. The number of amides is 1. The Hall–Kier alpha value is -4.00. The normalized spacial score (nSPS) is 12.6. The molecule has 7 heteroatoms. The van der Waals surface area contributed by atoms with E-state index in [9.17, 15) is 9.90 Å². The molecule has 0 atom stereocenters. The highest BCUT2D eigenvalue weighted by Gasteiger charge is 2.20. The summed E-state index contributed by atoms with van der Waals surface area (Å²) in [5.74, 6) is 0.930. The number of fused-ring (bicyclic) bond motifs is 1. The Kier molecular flexibility index (Phi) is 5.75. The molecule has 1 aliphatic rings. The monoisotopic (exact) mass is 417 g/mol. The van der Waals surface area contributed by atoms with Crippen LogP contribution in [0.3, 0.4) is 0 Å². The number of anilines is 1. The SMILES string of the molecule is COc1ccc(N2Cc3ccc(C(=O)N/N=C/c4ccc(O)c(OC)c4)cc3C2)cc1. The lowest BCUT2D eigenvalue weighted by Crippen LogP contribution is -2.18. The fraction of sp³-hybridized carbons (Fsp3) is 0.167. The predicted molar refractivity (Wildman–Crippen MR) is 119 cm³/mol. The third-order valence-corrected chi connectivity index (χ3v) is 5.21. The summed E-state index contributed by atoms with van der Waals surface area (Å²) in [5.41, 5.74) is 7.22. The maximum Gasteiger partial charge on any atom is 0.271 e. The Balaban J connectivity index is 1.41. The van der Waals surface area contributed by atoms with Gasteiger partial charge in [0.05, 0.1) is 20.4 Å². The van der Waals surface area contributed by atoms with Gasteiger partial charge in [-0.2, -0.15) is 5.10 Å². The minimum absolute atomic E-state index is 0.0468. The van der Waals surface area contributed by atoms with Crippen LogP contribution in [0, 0.1) is 0 Å². The van der Waals surface area contributed by atoms with E-state index in [0.717, 1.165) is 30.1 Å². The Morgan fingerprint density at radius 1 is 1.00 bits per heavy atom. The van der Waals surface area contributed by atoms with Gasteiger partial charge in [-0.05, 0) is 71.3 Å². The van der Waals surface area contributed by atoms with Gasteiger partial charge in [-0.15, -0.1) is 0 Å². The van der Waals surface area contributed by atoms with E-state index in [0.29, 0.717) is 16.9 Å². The van der Waals surface area contributed by atoms with Crippen LogP contribution in [-0.4, -0.2) is 31.4 Å². The molecule has 0 aromatic heterocycles. The first-order valence-electron chi connectivity index (χ1n) is 9.78. The number of aromatic hydroxyl groups is 1. The number of phenols is 1. The van der Waals surface area contributed by atoms with Crippen molar-refractivity contribution in [2.24, 2.45) is 5.10 Å². The molecular weight excluding hydrogens is 394 g/mol. The Labute approximate surface area is 180 Å². The molecule has 3 aromatic rings. The van der Waals surface area contributed by atoms with E-state index in [2.05, 4.69) is 15.4 Å². The largest absolute Gasteiger partial charge is 0.504 e. The van der Waals surface area contributed by atoms with E-state index in [-0.39, 0.29) is 11.7 Å². The predicted octanol–water partition coefficient (Wildman–Crippen LogP) is 3.69. The molecule has 1 amide bonds. The van der Waals surface area contributed by atoms with Crippen LogP contribution >= 0.6 is 0 Å². The average Bonchev–Trinajstić information content (AvgIpc) is 3.23. The summed E-state index contributed by atoms with van der Waals surface area (Å²) < 4.78 is 10.3. The lowest BCUT2D eigenvalue weighted by Gasteiger charge is -2.17. The second-order valence-electron chi connectivity index (χ2n) is 7.17. The summed E-state index contributed by atoms with van der Waals surface area (Å²) >= 11 is 0. The van der Waals surface area contributed by atoms with E-state index < -0.39 is 0 Å². The number of ether oxygens (including phenoxy) is 2. The van der Waals surface area contributed by atoms with Crippen molar-refractivity contribution in [3.05, 3.63) is 82.9 Å². The fourth-order valence-corrected chi connectivity index (χ4v) is 3.52. The van der Waals surface area contributed by atoms with Crippen molar-refractivity contribution in [3.8, 4) is 17.2 Å². The first-order valence-corrected chi connectivity index (χ1v) is 9.78. The zero-order chi connectivity index (χ0) is 21.8. The van der Waals surface area contributed by atoms with Crippen LogP contribution in [0.4, 0.5) is 5.69 Å². The minimum atomic E-state index is -0.285. The molecule has 0 bridgehead atoms. The van der Waals surface area contributed by atoms with Gasteiger partial charge in [0.25, 0.3) is 5.91 Å². The molecule has 7 nitrogen and oxygen atoms in total. The minimum Gasteiger partial charge on any atom is -0.504 e. The van der Waals surface area contributed by atoms with Gasteiger partial charge < -0.3 is 19.5 Å². The third kappa shape index (κ3) is 4.45. The number of hydrazone groups is 1. The molecule has 4 rings (SSSR count). The quantitative estimate of drug-likeness (QED) is 0.472. The molecule has 0 radical (unpaired) electrons. The van der Waals surface area contributed by atoms with Crippen LogP contribution in [0.15, 0.2) is 65.8 Å². The van der Waals surface area contributed by atoms with Crippen molar-refractivity contribution in [1.82, 2.24) is 5.43 Å². The molecule has 2 N–H and O–H groups in total. The van der Waals surface area contributed by atoms with Gasteiger partial charge in [0, 0.05) is 24.3 Å². The maximum absolute atomic E-state index is 12.5. The summed E-state index contributed by atoms with van der Waals surface area (Å²) in [6, 6.07) is 18.5. The van der Waals surface area contributed by atoms with Gasteiger partial charge in [-0.3, -0.25) is 4.79 Å². The average molecular weight is 417 g/mol. The molecule has 0 saturated carbocycles. The van der Waals surface area contributed by atoms with Gasteiger partial charge in [-0.25, -0.2) is 5.43 Å².